The number of anilines is 1. The Bertz CT molecular complexity index is 1600. The van der Waals surface area contributed by atoms with Crippen molar-refractivity contribution in [3.05, 3.63) is 77.9 Å². The van der Waals surface area contributed by atoms with Crippen LogP contribution in [0, 0.1) is 0 Å². The van der Waals surface area contributed by atoms with E-state index >= 15 is 0 Å². The van der Waals surface area contributed by atoms with Crippen LogP contribution in [0.5, 0.6) is 0 Å². The number of carbonyl (C=O) groups is 4. The molecule has 14 nitrogen and oxygen atoms in total. The maximum absolute atomic E-state index is 12.3. The van der Waals surface area contributed by atoms with Crippen LogP contribution in [0.25, 0.3) is 0 Å². The topological polar surface area (TPSA) is 168 Å². The third-order valence-corrected chi connectivity index (χ3v) is 8.76. The van der Waals surface area contributed by atoms with Crippen LogP contribution in [-0.2, 0) is 58.9 Å². The second kappa shape index (κ2) is 19.7. The minimum Gasteiger partial charge on any atom is -0.463 e. The van der Waals surface area contributed by atoms with Crippen molar-refractivity contribution in [2.24, 2.45) is 0 Å². The highest BCUT2D eigenvalue weighted by Crippen LogP contribution is 2.39. The number of nitrogens with zero attached hydrogens (tertiary/aromatic N) is 1. The van der Waals surface area contributed by atoms with Gasteiger partial charge in [-0.05, 0) is 30.3 Å². The number of hydrogen-bond acceptors (Lipinski definition) is 14. The molecule has 2 aliphatic heterocycles. The molecule has 53 heavy (non-hydrogen) atoms. The SMILES string of the molecule is C=CCN(C)CC1CC(c2ccc(CO)cc2)OC(c2cccc(NC(=S)CC3OC(COC(C)=O)C(OC(C)=O)C(OC(C)=O)C3OC(C)=O)c2)O1. The molecule has 2 saturated heterocycles. The molecule has 0 aliphatic carbocycles. The molecule has 0 radical (unpaired) electrons. The van der Waals surface area contributed by atoms with Crippen molar-refractivity contribution in [2.75, 3.05) is 32.1 Å². The van der Waals surface area contributed by atoms with Crippen molar-refractivity contribution in [1.29, 1.82) is 0 Å². The molecule has 0 amide bonds. The van der Waals surface area contributed by atoms with E-state index in [1.807, 2.05) is 61.7 Å². The third-order valence-electron chi connectivity index (χ3n) is 8.49. The fraction of sp³-hybridized carbons (Fsp3) is 0.500. The molecular weight excluding hydrogens is 708 g/mol. The molecule has 0 saturated carbocycles. The van der Waals surface area contributed by atoms with Crippen LogP contribution >= 0.6 is 12.2 Å². The van der Waals surface area contributed by atoms with Crippen molar-refractivity contribution in [2.45, 2.75) is 96.2 Å². The van der Waals surface area contributed by atoms with Crippen LogP contribution in [0.4, 0.5) is 5.69 Å². The van der Waals surface area contributed by atoms with Crippen LogP contribution in [0.3, 0.4) is 0 Å². The predicted molar refractivity (Wildman–Crippen MR) is 195 cm³/mol. The average Bonchev–Trinajstić information content (AvgIpc) is 3.09. The minimum atomic E-state index is -1.29. The molecule has 2 N–H and O–H groups in total. The van der Waals surface area contributed by atoms with Crippen molar-refractivity contribution >= 4 is 46.8 Å². The molecule has 8 atom stereocenters. The zero-order chi connectivity index (χ0) is 38.7. The summed E-state index contributed by atoms with van der Waals surface area (Å²) in [5.41, 5.74) is 3.11. The molecule has 2 aromatic carbocycles. The molecule has 4 rings (SSSR count). The lowest BCUT2D eigenvalue weighted by atomic mass is 9.92. The van der Waals surface area contributed by atoms with Gasteiger partial charge in [0.15, 0.2) is 24.6 Å². The van der Waals surface area contributed by atoms with Gasteiger partial charge in [0.25, 0.3) is 0 Å². The van der Waals surface area contributed by atoms with E-state index in [1.54, 1.807) is 0 Å². The van der Waals surface area contributed by atoms with Crippen LogP contribution in [-0.4, -0.2) is 102 Å². The van der Waals surface area contributed by atoms with Crippen LogP contribution in [0.2, 0.25) is 0 Å². The Hall–Kier alpha value is -4.25. The van der Waals surface area contributed by atoms with E-state index < -0.39 is 60.7 Å². The van der Waals surface area contributed by atoms with E-state index in [9.17, 15) is 24.3 Å². The number of aliphatic hydroxyl groups excluding tert-OH is 1. The van der Waals surface area contributed by atoms with Crippen molar-refractivity contribution in [3.8, 4) is 0 Å². The number of aliphatic hydroxyl groups is 1. The number of benzene rings is 2. The molecule has 15 heteroatoms. The second-order valence-electron chi connectivity index (χ2n) is 13.0. The first-order valence-corrected chi connectivity index (χ1v) is 17.7. The van der Waals surface area contributed by atoms with Gasteiger partial charge in [0.05, 0.1) is 23.8 Å². The largest absolute Gasteiger partial charge is 0.463 e. The molecule has 288 valence electrons. The van der Waals surface area contributed by atoms with E-state index in [0.717, 1.165) is 30.5 Å². The van der Waals surface area contributed by atoms with Crippen molar-refractivity contribution in [3.63, 3.8) is 0 Å². The number of thiocarbonyl (C=S) groups is 1. The number of ether oxygens (including phenoxy) is 7. The van der Waals surface area contributed by atoms with E-state index in [-0.39, 0.29) is 36.8 Å². The Labute approximate surface area is 314 Å². The van der Waals surface area contributed by atoms with Crippen LogP contribution in [0.15, 0.2) is 61.2 Å². The van der Waals surface area contributed by atoms with E-state index in [1.165, 1.54) is 13.8 Å². The smallest absolute Gasteiger partial charge is 0.303 e. The molecular formula is C38H48N2O12S. The van der Waals surface area contributed by atoms with Crippen LogP contribution < -0.4 is 5.32 Å². The Morgan fingerprint density at radius 2 is 1.53 bits per heavy atom. The van der Waals surface area contributed by atoms with Gasteiger partial charge >= 0.3 is 23.9 Å². The van der Waals surface area contributed by atoms with Gasteiger partial charge in [0.1, 0.15) is 18.8 Å². The summed E-state index contributed by atoms with van der Waals surface area (Å²) in [7, 11) is 2.00. The highest BCUT2D eigenvalue weighted by Gasteiger charge is 2.52. The van der Waals surface area contributed by atoms with Gasteiger partial charge in [-0.15, -0.1) is 6.58 Å². The van der Waals surface area contributed by atoms with Gasteiger partial charge in [-0.25, -0.2) is 0 Å². The van der Waals surface area contributed by atoms with Crippen molar-refractivity contribution in [1.82, 2.24) is 4.90 Å². The lowest BCUT2D eigenvalue weighted by Gasteiger charge is -2.44. The molecule has 0 aromatic heterocycles. The number of rotatable bonds is 15. The first-order chi connectivity index (χ1) is 25.3. The lowest BCUT2D eigenvalue weighted by molar-refractivity contribution is -0.252. The third kappa shape index (κ3) is 12.4. The molecule has 0 spiro atoms. The fourth-order valence-corrected chi connectivity index (χ4v) is 6.60. The van der Waals surface area contributed by atoms with Gasteiger partial charge in [-0.3, -0.25) is 19.2 Å². The normalized spacial score (nSPS) is 25.5. The molecule has 2 heterocycles. The van der Waals surface area contributed by atoms with Gasteiger partial charge in [0, 0.05) is 64.9 Å². The van der Waals surface area contributed by atoms with E-state index in [0.29, 0.717) is 25.2 Å². The molecule has 2 aromatic rings. The maximum atomic E-state index is 12.3. The number of likely N-dealkylation sites (N-methyl/N-ethyl adjacent to an activating group) is 1. The quantitative estimate of drug-likeness (QED) is 0.115. The van der Waals surface area contributed by atoms with Crippen molar-refractivity contribution < 1.29 is 57.4 Å². The Morgan fingerprint density at radius 1 is 0.887 bits per heavy atom. The molecule has 2 aliphatic rings. The summed E-state index contributed by atoms with van der Waals surface area (Å²) in [5.74, 6) is -2.74. The zero-order valence-corrected chi connectivity index (χ0v) is 31.4. The lowest BCUT2D eigenvalue weighted by Crippen LogP contribution is -2.62. The summed E-state index contributed by atoms with van der Waals surface area (Å²) >= 11 is 5.74. The molecule has 0 bridgehead atoms. The summed E-state index contributed by atoms with van der Waals surface area (Å²) in [4.78, 5) is 50.6. The Balaban J connectivity index is 1.56. The summed E-state index contributed by atoms with van der Waals surface area (Å²) < 4.78 is 40.9. The second-order valence-corrected chi connectivity index (χ2v) is 13.5. The highest BCUT2D eigenvalue weighted by atomic mass is 32.1. The zero-order valence-electron chi connectivity index (χ0n) is 30.6. The summed E-state index contributed by atoms with van der Waals surface area (Å²) in [5, 5.41) is 12.7. The first kappa shape index (κ1) is 41.5. The number of nitrogens with one attached hydrogen (secondary N) is 1. The Kier molecular flexibility index (Phi) is 15.4. The summed E-state index contributed by atoms with van der Waals surface area (Å²) in [6.07, 6.45) is -4.61. The van der Waals surface area contributed by atoms with E-state index in [4.69, 9.17) is 45.4 Å². The predicted octanol–water partition coefficient (Wildman–Crippen LogP) is 4.10. The Morgan fingerprint density at radius 3 is 2.13 bits per heavy atom. The average molecular weight is 757 g/mol. The monoisotopic (exact) mass is 756 g/mol. The van der Waals surface area contributed by atoms with Gasteiger partial charge in [-0.1, -0.05) is 54.7 Å². The molecule has 8 unspecified atom stereocenters. The number of hydrogen-bond donors (Lipinski definition) is 2. The summed E-state index contributed by atoms with van der Waals surface area (Å²) in [6, 6.07) is 15.0. The van der Waals surface area contributed by atoms with Gasteiger partial charge in [0.2, 0.25) is 0 Å². The van der Waals surface area contributed by atoms with E-state index in [2.05, 4.69) is 16.8 Å². The maximum Gasteiger partial charge on any atom is 0.303 e. The molecule has 2 fully saturated rings. The highest BCUT2D eigenvalue weighted by molar-refractivity contribution is 7.80. The summed E-state index contributed by atoms with van der Waals surface area (Å²) in [6.45, 7) is 9.50. The number of esters is 4. The van der Waals surface area contributed by atoms with Crippen LogP contribution in [0.1, 0.15) is 69.6 Å². The standard InChI is InChI=1S/C38H48N2O12S/c1-7-15-40(6)19-30-17-31(27-13-11-26(20-41)12-14-27)52-38(50-30)28-9-8-10-29(16-28)39-34(53)18-32-35(47-23(3)43)37(49-25(5)45)36(48-24(4)44)33(51-32)21-46-22(2)42/h7-14,16,30-33,35-38,41H,1,15,17-21H2,2-6H3,(H,39,53). The minimum absolute atomic E-state index is 0.0291. The fourth-order valence-electron chi connectivity index (χ4n) is 6.32. The van der Waals surface area contributed by atoms with Gasteiger partial charge < -0.3 is 48.5 Å². The van der Waals surface area contributed by atoms with Gasteiger partial charge in [-0.2, -0.15) is 0 Å². The number of carbonyl (C=O) groups excluding carboxylic acids is 4. The first-order valence-electron chi connectivity index (χ1n) is 17.3.